The maximum atomic E-state index is 11.8. The molecule has 0 atom stereocenters. The van der Waals surface area contributed by atoms with E-state index >= 15 is 0 Å². The Kier molecular flexibility index (Phi) is 3.59. The molecule has 0 radical (unpaired) electrons. The third-order valence-corrected chi connectivity index (χ3v) is 2.25. The van der Waals surface area contributed by atoms with Crippen molar-refractivity contribution in [3.05, 3.63) is 0 Å². The topological polar surface area (TPSA) is 38.3 Å². The summed E-state index contributed by atoms with van der Waals surface area (Å²) >= 11 is 0. The van der Waals surface area contributed by atoms with E-state index in [0.717, 1.165) is 0 Å². The highest BCUT2D eigenvalue weighted by Gasteiger charge is 2.34. The fourth-order valence-electron chi connectivity index (χ4n) is 1.21. The van der Waals surface area contributed by atoms with Gasteiger partial charge in [-0.05, 0) is 0 Å². The Balaban J connectivity index is 2.14. The van der Waals surface area contributed by atoms with Crippen LogP contribution in [0.15, 0.2) is 0 Å². The first kappa shape index (κ1) is 12.3. The lowest BCUT2D eigenvalue weighted by atomic mass is 9.89. The van der Waals surface area contributed by atoms with Crippen LogP contribution in [0.3, 0.4) is 0 Å². The van der Waals surface area contributed by atoms with Crippen molar-refractivity contribution in [1.29, 1.82) is 0 Å². The molecule has 3 nitrogen and oxygen atoms in total. The Hall–Kier alpha value is -0.780. The highest BCUT2D eigenvalue weighted by atomic mass is 19.4. The second-order valence-electron chi connectivity index (χ2n) is 4.20. The highest BCUT2D eigenvalue weighted by Crippen LogP contribution is 2.25. The van der Waals surface area contributed by atoms with E-state index in [1.54, 1.807) is 0 Å². The summed E-state index contributed by atoms with van der Waals surface area (Å²) in [6, 6.07) is 0. The van der Waals surface area contributed by atoms with Gasteiger partial charge in [-0.2, -0.15) is 13.2 Å². The normalized spacial score (nSPS) is 19.5. The molecule has 88 valence electrons. The van der Waals surface area contributed by atoms with Gasteiger partial charge in [0.1, 0.15) is 0 Å². The van der Waals surface area contributed by atoms with Crippen molar-refractivity contribution in [3.8, 4) is 0 Å². The standard InChI is InChI=1S/C9H14F3NO2/c1-8(5-15-6-8)4-13-7(14)2-3-9(10,11)12/h2-6H2,1H3,(H,13,14). The molecule has 1 rings (SSSR count). The molecule has 0 unspecified atom stereocenters. The molecule has 1 saturated heterocycles. The fourth-order valence-corrected chi connectivity index (χ4v) is 1.21. The molecule has 0 aromatic rings. The van der Waals surface area contributed by atoms with Crippen molar-refractivity contribution >= 4 is 5.91 Å². The first-order valence-corrected chi connectivity index (χ1v) is 4.72. The molecular formula is C9H14F3NO2. The summed E-state index contributed by atoms with van der Waals surface area (Å²) < 4.78 is 40.3. The van der Waals surface area contributed by atoms with E-state index < -0.39 is 24.9 Å². The summed E-state index contributed by atoms with van der Waals surface area (Å²) in [6.45, 7) is 3.39. The lowest BCUT2D eigenvalue weighted by Crippen LogP contribution is -2.48. The Morgan fingerprint density at radius 3 is 2.47 bits per heavy atom. The first-order chi connectivity index (χ1) is 6.81. The van der Waals surface area contributed by atoms with E-state index in [-0.39, 0.29) is 5.41 Å². The summed E-state index contributed by atoms with van der Waals surface area (Å²) in [5.41, 5.74) is -0.103. The van der Waals surface area contributed by atoms with Crippen LogP contribution in [0.1, 0.15) is 19.8 Å². The average Bonchev–Trinajstić information content (AvgIpc) is 2.07. The number of hydrogen-bond donors (Lipinski definition) is 1. The summed E-state index contributed by atoms with van der Waals surface area (Å²) in [5.74, 6) is -0.555. The van der Waals surface area contributed by atoms with Crippen LogP contribution in [0, 0.1) is 5.41 Å². The number of amides is 1. The van der Waals surface area contributed by atoms with Crippen molar-refractivity contribution in [3.63, 3.8) is 0 Å². The van der Waals surface area contributed by atoms with Crippen LogP contribution in [0.2, 0.25) is 0 Å². The zero-order valence-corrected chi connectivity index (χ0v) is 8.49. The van der Waals surface area contributed by atoms with Gasteiger partial charge in [0.25, 0.3) is 0 Å². The summed E-state index contributed by atoms with van der Waals surface area (Å²) in [7, 11) is 0. The van der Waals surface area contributed by atoms with E-state index in [4.69, 9.17) is 4.74 Å². The molecule has 1 heterocycles. The van der Waals surface area contributed by atoms with Gasteiger partial charge in [-0.25, -0.2) is 0 Å². The van der Waals surface area contributed by atoms with E-state index in [1.807, 2.05) is 6.92 Å². The predicted molar refractivity (Wildman–Crippen MR) is 47.2 cm³/mol. The fraction of sp³-hybridized carbons (Fsp3) is 0.889. The van der Waals surface area contributed by atoms with Crippen molar-refractivity contribution < 1.29 is 22.7 Å². The van der Waals surface area contributed by atoms with Crippen LogP contribution < -0.4 is 5.32 Å². The quantitative estimate of drug-likeness (QED) is 0.787. The molecule has 0 aliphatic carbocycles. The third kappa shape index (κ3) is 4.51. The number of alkyl halides is 3. The van der Waals surface area contributed by atoms with Gasteiger partial charge in [0.15, 0.2) is 0 Å². The zero-order valence-electron chi connectivity index (χ0n) is 8.49. The van der Waals surface area contributed by atoms with Crippen LogP contribution in [0.25, 0.3) is 0 Å². The van der Waals surface area contributed by atoms with Crippen molar-refractivity contribution in [2.24, 2.45) is 5.41 Å². The van der Waals surface area contributed by atoms with Crippen molar-refractivity contribution in [2.45, 2.75) is 25.9 Å². The molecule has 1 N–H and O–H groups in total. The van der Waals surface area contributed by atoms with Crippen LogP contribution in [-0.4, -0.2) is 31.8 Å². The smallest absolute Gasteiger partial charge is 0.380 e. The van der Waals surface area contributed by atoms with Crippen LogP contribution in [0.5, 0.6) is 0 Å². The minimum Gasteiger partial charge on any atom is -0.380 e. The first-order valence-electron chi connectivity index (χ1n) is 4.72. The average molecular weight is 225 g/mol. The number of halogens is 3. The minimum absolute atomic E-state index is 0.103. The zero-order chi connectivity index (χ0) is 11.5. The van der Waals surface area contributed by atoms with Gasteiger partial charge in [-0.15, -0.1) is 0 Å². The molecular weight excluding hydrogens is 211 g/mol. The van der Waals surface area contributed by atoms with Crippen molar-refractivity contribution in [2.75, 3.05) is 19.8 Å². The van der Waals surface area contributed by atoms with Gasteiger partial charge in [-0.1, -0.05) is 6.92 Å². The molecule has 0 aromatic heterocycles. The Bertz CT molecular complexity index is 236. The molecule has 1 aliphatic rings. The van der Waals surface area contributed by atoms with Crippen LogP contribution >= 0.6 is 0 Å². The Labute approximate surface area is 86.0 Å². The number of nitrogens with one attached hydrogen (secondary N) is 1. The minimum atomic E-state index is -4.26. The molecule has 0 bridgehead atoms. The second kappa shape index (κ2) is 4.38. The van der Waals surface area contributed by atoms with E-state index in [1.165, 1.54) is 0 Å². The molecule has 1 fully saturated rings. The number of carbonyl (C=O) groups excluding carboxylic acids is 1. The largest absolute Gasteiger partial charge is 0.389 e. The SMILES string of the molecule is CC1(CNC(=O)CCC(F)(F)F)COC1. The molecule has 0 saturated carbocycles. The molecule has 0 spiro atoms. The van der Waals surface area contributed by atoms with Crippen LogP contribution in [0.4, 0.5) is 13.2 Å². The Morgan fingerprint density at radius 1 is 1.47 bits per heavy atom. The predicted octanol–water partition coefficient (Wildman–Crippen LogP) is 1.48. The highest BCUT2D eigenvalue weighted by molar-refractivity contribution is 5.75. The maximum absolute atomic E-state index is 11.8. The summed E-state index contributed by atoms with van der Waals surface area (Å²) in [6.07, 6.45) is -5.83. The van der Waals surface area contributed by atoms with E-state index in [9.17, 15) is 18.0 Å². The van der Waals surface area contributed by atoms with Gasteiger partial charge in [0, 0.05) is 18.4 Å². The maximum Gasteiger partial charge on any atom is 0.389 e. The lowest BCUT2D eigenvalue weighted by molar-refractivity contribution is -0.145. The summed E-state index contributed by atoms with van der Waals surface area (Å²) in [4.78, 5) is 11.0. The monoisotopic (exact) mass is 225 g/mol. The van der Waals surface area contributed by atoms with Gasteiger partial charge in [0.2, 0.25) is 5.91 Å². The van der Waals surface area contributed by atoms with E-state index in [0.29, 0.717) is 19.8 Å². The molecule has 1 amide bonds. The molecule has 0 aromatic carbocycles. The molecule has 6 heteroatoms. The molecule has 1 aliphatic heterocycles. The lowest BCUT2D eigenvalue weighted by Gasteiger charge is -2.38. The summed E-state index contributed by atoms with van der Waals surface area (Å²) in [5, 5.41) is 2.48. The number of rotatable bonds is 4. The van der Waals surface area contributed by atoms with Crippen molar-refractivity contribution in [1.82, 2.24) is 5.32 Å². The van der Waals surface area contributed by atoms with Gasteiger partial charge in [-0.3, -0.25) is 4.79 Å². The number of ether oxygens (including phenoxy) is 1. The number of carbonyl (C=O) groups is 1. The van der Waals surface area contributed by atoms with Gasteiger partial charge < -0.3 is 10.1 Å². The van der Waals surface area contributed by atoms with Gasteiger partial charge in [0.05, 0.1) is 19.6 Å². The molecule has 15 heavy (non-hydrogen) atoms. The Morgan fingerprint density at radius 2 is 2.07 bits per heavy atom. The number of hydrogen-bond acceptors (Lipinski definition) is 2. The van der Waals surface area contributed by atoms with Crippen LogP contribution in [-0.2, 0) is 9.53 Å². The van der Waals surface area contributed by atoms with E-state index in [2.05, 4.69) is 5.32 Å². The van der Waals surface area contributed by atoms with Gasteiger partial charge >= 0.3 is 6.18 Å². The second-order valence-corrected chi connectivity index (χ2v) is 4.20. The third-order valence-electron chi connectivity index (χ3n) is 2.25.